The summed E-state index contributed by atoms with van der Waals surface area (Å²) in [5, 5.41) is 12.3. The summed E-state index contributed by atoms with van der Waals surface area (Å²) in [4.78, 5) is 33.5. The number of carboxylic acids is 1. The number of carboxylic acid groups (broad SMARTS) is 1. The van der Waals surface area contributed by atoms with Crippen molar-refractivity contribution in [2.75, 3.05) is 23.3 Å². The Kier molecular flexibility index (Phi) is 4.45. The standard InChI is InChI=1S/C16H19N5O3/c1-20-9-7-17-14(15(20)22)21-8-3-4-11(10-21)18-13-6-2-5-12(19-13)16(23)24/h2,5-7,9,11H,3-4,8,10H2,1H3,(H,18,19)(H,23,24). The highest BCUT2D eigenvalue weighted by Crippen LogP contribution is 2.18. The van der Waals surface area contributed by atoms with E-state index in [1.165, 1.54) is 10.6 Å². The average molecular weight is 329 g/mol. The van der Waals surface area contributed by atoms with Gasteiger partial charge in [-0.15, -0.1) is 0 Å². The second-order valence-electron chi connectivity index (χ2n) is 5.81. The summed E-state index contributed by atoms with van der Waals surface area (Å²) in [7, 11) is 1.70. The highest BCUT2D eigenvalue weighted by Gasteiger charge is 2.23. The van der Waals surface area contributed by atoms with Crippen molar-refractivity contribution in [3.8, 4) is 0 Å². The van der Waals surface area contributed by atoms with E-state index in [0.717, 1.165) is 19.4 Å². The SMILES string of the molecule is Cn1ccnc(N2CCCC(Nc3cccc(C(=O)O)n3)C2)c1=O. The molecule has 2 aromatic heterocycles. The molecule has 3 rings (SSSR count). The molecule has 8 nitrogen and oxygen atoms in total. The van der Waals surface area contributed by atoms with Gasteiger partial charge in [-0.1, -0.05) is 6.07 Å². The summed E-state index contributed by atoms with van der Waals surface area (Å²) in [6.07, 6.45) is 5.08. The van der Waals surface area contributed by atoms with Crippen LogP contribution in [0, 0.1) is 0 Å². The Morgan fingerprint density at radius 1 is 1.42 bits per heavy atom. The largest absolute Gasteiger partial charge is 0.477 e. The van der Waals surface area contributed by atoms with Crippen molar-refractivity contribution in [3.63, 3.8) is 0 Å². The van der Waals surface area contributed by atoms with Gasteiger partial charge in [0.15, 0.2) is 11.5 Å². The first-order valence-corrected chi connectivity index (χ1v) is 7.78. The zero-order valence-corrected chi connectivity index (χ0v) is 13.3. The van der Waals surface area contributed by atoms with E-state index in [1.807, 2.05) is 4.90 Å². The van der Waals surface area contributed by atoms with E-state index in [4.69, 9.17) is 5.11 Å². The number of rotatable bonds is 4. The minimum Gasteiger partial charge on any atom is -0.477 e. The second kappa shape index (κ2) is 6.69. The molecule has 0 aromatic carbocycles. The number of nitrogens with one attached hydrogen (secondary N) is 1. The van der Waals surface area contributed by atoms with E-state index < -0.39 is 5.97 Å². The van der Waals surface area contributed by atoms with E-state index in [-0.39, 0.29) is 17.3 Å². The van der Waals surface area contributed by atoms with Crippen LogP contribution in [0.25, 0.3) is 0 Å². The van der Waals surface area contributed by atoms with Gasteiger partial charge < -0.3 is 19.9 Å². The number of anilines is 2. The van der Waals surface area contributed by atoms with Gasteiger partial charge in [0.25, 0.3) is 5.56 Å². The Labute approximate surface area is 138 Å². The molecule has 0 radical (unpaired) electrons. The predicted molar refractivity (Wildman–Crippen MR) is 89.5 cm³/mol. The molecule has 126 valence electrons. The summed E-state index contributed by atoms with van der Waals surface area (Å²) in [6, 6.07) is 4.93. The molecule has 0 saturated carbocycles. The maximum atomic E-state index is 12.2. The number of carbonyl (C=O) groups is 1. The van der Waals surface area contributed by atoms with Crippen LogP contribution < -0.4 is 15.8 Å². The Balaban J connectivity index is 1.74. The van der Waals surface area contributed by atoms with Crippen molar-refractivity contribution in [3.05, 3.63) is 46.6 Å². The molecule has 3 heterocycles. The number of aryl methyl sites for hydroxylation is 1. The van der Waals surface area contributed by atoms with Crippen LogP contribution in [-0.2, 0) is 7.05 Å². The lowest BCUT2D eigenvalue weighted by molar-refractivity contribution is 0.0690. The Morgan fingerprint density at radius 3 is 3.04 bits per heavy atom. The van der Waals surface area contributed by atoms with Crippen LogP contribution in [0.4, 0.5) is 11.6 Å². The highest BCUT2D eigenvalue weighted by atomic mass is 16.4. The van der Waals surface area contributed by atoms with Crippen LogP contribution in [0.3, 0.4) is 0 Å². The van der Waals surface area contributed by atoms with Crippen LogP contribution in [0.5, 0.6) is 0 Å². The maximum Gasteiger partial charge on any atom is 0.354 e. The fourth-order valence-electron chi connectivity index (χ4n) is 2.83. The summed E-state index contributed by atoms with van der Waals surface area (Å²) in [6.45, 7) is 1.39. The highest BCUT2D eigenvalue weighted by molar-refractivity contribution is 5.85. The van der Waals surface area contributed by atoms with Crippen molar-refractivity contribution in [2.24, 2.45) is 7.05 Å². The summed E-state index contributed by atoms with van der Waals surface area (Å²) < 4.78 is 1.51. The Morgan fingerprint density at radius 2 is 2.25 bits per heavy atom. The molecular weight excluding hydrogens is 310 g/mol. The molecule has 1 unspecified atom stereocenters. The van der Waals surface area contributed by atoms with Gasteiger partial charge in [-0.25, -0.2) is 14.8 Å². The van der Waals surface area contributed by atoms with E-state index >= 15 is 0 Å². The molecule has 0 bridgehead atoms. The first kappa shape index (κ1) is 16.0. The first-order chi connectivity index (χ1) is 11.5. The van der Waals surface area contributed by atoms with E-state index in [0.29, 0.717) is 18.2 Å². The van der Waals surface area contributed by atoms with Crippen LogP contribution in [0.1, 0.15) is 23.3 Å². The number of hydrogen-bond donors (Lipinski definition) is 2. The normalized spacial score (nSPS) is 17.5. The lowest BCUT2D eigenvalue weighted by atomic mass is 10.1. The number of aromatic nitrogens is 3. The second-order valence-corrected chi connectivity index (χ2v) is 5.81. The molecule has 2 N–H and O–H groups in total. The predicted octanol–water partition coefficient (Wildman–Crippen LogP) is 0.954. The zero-order chi connectivity index (χ0) is 17.1. The molecule has 0 aliphatic carbocycles. The van der Waals surface area contributed by atoms with E-state index in [2.05, 4.69) is 15.3 Å². The molecule has 24 heavy (non-hydrogen) atoms. The van der Waals surface area contributed by atoms with Gasteiger partial charge >= 0.3 is 5.97 Å². The van der Waals surface area contributed by atoms with Gasteiger partial charge in [0.2, 0.25) is 0 Å². The summed E-state index contributed by atoms with van der Waals surface area (Å²) >= 11 is 0. The molecular formula is C16H19N5O3. The molecule has 1 saturated heterocycles. The molecule has 1 aliphatic rings. The molecule has 0 spiro atoms. The number of aromatic carboxylic acids is 1. The topological polar surface area (TPSA) is 100 Å². The maximum absolute atomic E-state index is 12.2. The number of nitrogens with zero attached hydrogens (tertiary/aromatic N) is 4. The third-order valence-electron chi connectivity index (χ3n) is 4.04. The van der Waals surface area contributed by atoms with Crippen molar-refractivity contribution in [1.29, 1.82) is 0 Å². The molecule has 8 heteroatoms. The van der Waals surface area contributed by atoms with Gasteiger partial charge in [0.05, 0.1) is 0 Å². The Bertz CT molecular complexity index is 804. The molecule has 2 aromatic rings. The monoisotopic (exact) mass is 329 g/mol. The third kappa shape index (κ3) is 3.37. The lowest BCUT2D eigenvalue weighted by Crippen LogP contribution is -2.45. The smallest absolute Gasteiger partial charge is 0.354 e. The van der Waals surface area contributed by atoms with Crippen molar-refractivity contribution >= 4 is 17.6 Å². The van der Waals surface area contributed by atoms with Crippen LogP contribution in [0.15, 0.2) is 35.4 Å². The molecule has 1 atom stereocenters. The van der Waals surface area contributed by atoms with Gasteiger partial charge in [-0.05, 0) is 25.0 Å². The van der Waals surface area contributed by atoms with Gasteiger partial charge in [0, 0.05) is 38.6 Å². The van der Waals surface area contributed by atoms with Gasteiger partial charge in [0.1, 0.15) is 5.82 Å². The zero-order valence-electron chi connectivity index (χ0n) is 13.3. The molecule has 0 amide bonds. The average Bonchev–Trinajstić information content (AvgIpc) is 2.58. The van der Waals surface area contributed by atoms with Crippen molar-refractivity contribution in [1.82, 2.24) is 14.5 Å². The summed E-state index contributed by atoms with van der Waals surface area (Å²) in [5.74, 6) is -0.0877. The van der Waals surface area contributed by atoms with E-state index in [1.54, 1.807) is 31.6 Å². The number of hydrogen-bond acceptors (Lipinski definition) is 6. The van der Waals surface area contributed by atoms with Crippen LogP contribution in [0.2, 0.25) is 0 Å². The van der Waals surface area contributed by atoms with Crippen LogP contribution in [-0.4, -0.2) is 44.7 Å². The third-order valence-corrected chi connectivity index (χ3v) is 4.04. The van der Waals surface area contributed by atoms with Crippen molar-refractivity contribution < 1.29 is 9.90 Å². The number of piperidine rings is 1. The molecule has 1 aliphatic heterocycles. The molecule has 1 fully saturated rings. The fraction of sp³-hybridized carbons (Fsp3) is 0.375. The van der Waals surface area contributed by atoms with Crippen molar-refractivity contribution in [2.45, 2.75) is 18.9 Å². The fourth-order valence-corrected chi connectivity index (χ4v) is 2.83. The summed E-state index contributed by atoms with van der Waals surface area (Å²) in [5.41, 5.74) is -0.115. The quantitative estimate of drug-likeness (QED) is 0.861. The van der Waals surface area contributed by atoms with E-state index in [9.17, 15) is 9.59 Å². The van der Waals surface area contributed by atoms with Crippen LogP contribution >= 0.6 is 0 Å². The van der Waals surface area contributed by atoms with Gasteiger partial charge in [-0.3, -0.25) is 4.79 Å². The Hall–Kier alpha value is -2.90. The van der Waals surface area contributed by atoms with Gasteiger partial charge in [-0.2, -0.15) is 0 Å². The number of pyridine rings is 1. The minimum atomic E-state index is -1.05. The first-order valence-electron chi connectivity index (χ1n) is 7.78. The lowest BCUT2D eigenvalue weighted by Gasteiger charge is -2.33. The minimum absolute atomic E-state index is 0.00580.